The number of aromatic amines is 1. The van der Waals surface area contributed by atoms with E-state index >= 15 is 0 Å². The Morgan fingerprint density at radius 1 is 1.23 bits per heavy atom. The number of ether oxygens (including phenoxy) is 1. The molecule has 0 saturated heterocycles. The van der Waals surface area contributed by atoms with Crippen LogP contribution < -0.4 is 16.2 Å². The fourth-order valence-corrected chi connectivity index (χ4v) is 3.74. The lowest BCUT2D eigenvalue weighted by atomic mass is 10.1. The number of hydrogen-bond acceptors (Lipinski definition) is 8. The van der Waals surface area contributed by atoms with Gasteiger partial charge in [0.25, 0.3) is 5.56 Å². The fraction of sp³-hybridized carbons (Fsp3) is 0.423. The number of imidazole rings is 1. The zero-order valence-corrected chi connectivity index (χ0v) is 22.7. The zero-order valence-electron chi connectivity index (χ0n) is 22.7. The lowest BCUT2D eigenvalue weighted by Gasteiger charge is -2.17. The Bertz CT molecular complexity index is 1410. The van der Waals surface area contributed by atoms with E-state index in [0.29, 0.717) is 29.3 Å². The minimum Gasteiger partial charge on any atom is -0.453 e. The predicted molar refractivity (Wildman–Crippen MR) is 145 cm³/mol. The van der Waals surface area contributed by atoms with Gasteiger partial charge in [0.05, 0.1) is 19.3 Å². The van der Waals surface area contributed by atoms with E-state index in [9.17, 15) is 19.2 Å². The van der Waals surface area contributed by atoms with Crippen molar-refractivity contribution in [3.8, 4) is 0 Å². The molecule has 3 aromatic heterocycles. The summed E-state index contributed by atoms with van der Waals surface area (Å²) in [5.74, 6) is 0.111. The molecule has 3 N–H and O–H groups in total. The summed E-state index contributed by atoms with van der Waals surface area (Å²) in [6.45, 7) is 4.30. The van der Waals surface area contributed by atoms with Crippen LogP contribution in [0.2, 0.25) is 0 Å². The number of fused-ring (bicyclic) bond motifs is 1. The number of carbonyl (C=O) groups is 3. The highest BCUT2D eigenvalue weighted by atomic mass is 16.5. The van der Waals surface area contributed by atoms with Gasteiger partial charge in [-0.3, -0.25) is 14.4 Å². The molecule has 3 aromatic rings. The Morgan fingerprint density at radius 2 is 2.00 bits per heavy atom. The van der Waals surface area contributed by atoms with Crippen molar-refractivity contribution in [3.05, 3.63) is 58.7 Å². The summed E-state index contributed by atoms with van der Waals surface area (Å²) in [7, 11) is 4.44. The van der Waals surface area contributed by atoms with Gasteiger partial charge >= 0.3 is 6.09 Å². The number of H-pyrrole nitrogens is 1. The van der Waals surface area contributed by atoms with E-state index < -0.39 is 23.6 Å². The highest BCUT2D eigenvalue weighted by molar-refractivity contribution is 5.96. The zero-order chi connectivity index (χ0) is 28.5. The van der Waals surface area contributed by atoms with Crippen molar-refractivity contribution in [1.29, 1.82) is 0 Å². The molecule has 3 rings (SSSR count). The van der Waals surface area contributed by atoms with Gasteiger partial charge in [0.15, 0.2) is 5.65 Å². The van der Waals surface area contributed by atoms with Crippen LogP contribution in [0, 0.1) is 5.92 Å². The smallest absolute Gasteiger partial charge is 0.407 e. The van der Waals surface area contributed by atoms with Crippen LogP contribution in [0.4, 0.5) is 10.5 Å². The van der Waals surface area contributed by atoms with E-state index in [4.69, 9.17) is 0 Å². The number of likely N-dealkylation sites (N-methyl/N-ethyl adjacent to an activating group) is 1. The molecule has 0 aliphatic carbocycles. The molecule has 0 fully saturated rings. The number of rotatable bonds is 11. The van der Waals surface area contributed by atoms with E-state index in [-0.39, 0.29) is 24.6 Å². The van der Waals surface area contributed by atoms with Crippen molar-refractivity contribution in [2.75, 3.05) is 26.5 Å². The number of aromatic nitrogens is 5. The summed E-state index contributed by atoms with van der Waals surface area (Å²) < 4.78 is 6.03. The van der Waals surface area contributed by atoms with E-state index in [2.05, 4.69) is 49.2 Å². The number of amides is 3. The second kappa shape index (κ2) is 13.3. The number of nitrogens with one attached hydrogen (secondary N) is 3. The van der Waals surface area contributed by atoms with E-state index in [1.807, 2.05) is 0 Å². The van der Waals surface area contributed by atoms with Crippen LogP contribution in [0.25, 0.3) is 11.2 Å². The standard InChI is InChI=1S/C26H34N8O5/c1-16(2)13-19-22-23(28-15-27-19)32-20(31-22)14-34-12-8-10-18(25(34)37)29-24(36)17(30-26(38)39-5)9-6-7-11-21(35)33(3)4/h7-8,10-12,15-17H,6,9,13-14H2,1-5H3,(H,29,36)(H,30,38)(H,27,28,31,32)/b11-7+. The molecule has 3 amide bonds. The summed E-state index contributed by atoms with van der Waals surface area (Å²) in [6.07, 6.45) is 6.53. The van der Waals surface area contributed by atoms with Crippen LogP contribution in [0.1, 0.15) is 38.2 Å². The van der Waals surface area contributed by atoms with Gasteiger partial charge in [-0.15, -0.1) is 0 Å². The number of anilines is 1. The lowest BCUT2D eigenvalue weighted by Crippen LogP contribution is -2.44. The monoisotopic (exact) mass is 538 g/mol. The molecular formula is C26H34N8O5. The number of methoxy groups -OCH3 is 1. The minimum atomic E-state index is -1.00. The second-order valence-electron chi connectivity index (χ2n) is 9.54. The molecule has 0 radical (unpaired) electrons. The van der Waals surface area contributed by atoms with Crippen LogP contribution >= 0.6 is 0 Å². The summed E-state index contributed by atoms with van der Waals surface area (Å²) in [5.41, 5.74) is 1.67. The minimum absolute atomic E-state index is 0.0360. The molecular weight excluding hydrogens is 504 g/mol. The SMILES string of the molecule is COC(=O)NC(CC/C=C/C(=O)N(C)C)C(=O)Nc1cccn(Cc2nc3c(CC(C)C)ncnc3[nH]2)c1=O. The van der Waals surface area contributed by atoms with Gasteiger partial charge in [-0.25, -0.2) is 19.7 Å². The van der Waals surface area contributed by atoms with Gasteiger partial charge in [-0.05, 0) is 43.4 Å². The predicted octanol–water partition coefficient (Wildman–Crippen LogP) is 1.85. The molecule has 3 heterocycles. The van der Waals surface area contributed by atoms with Gasteiger partial charge < -0.3 is 29.8 Å². The maximum absolute atomic E-state index is 13.1. The summed E-state index contributed by atoms with van der Waals surface area (Å²) in [4.78, 5) is 67.4. The van der Waals surface area contributed by atoms with Crippen LogP contribution in [0.5, 0.6) is 0 Å². The van der Waals surface area contributed by atoms with Crippen LogP contribution in [0.15, 0.2) is 41.6 Å². The highest BCUT2D eigenvalue weighted by Gasteiger charge is 2.22. The largest absolute Gasteiger partial charge is 0.453 e. The fourth-order valence-electron chi connectivity index (χ4n) is 3.74. The van der Waals surface area contributed by atoms with Crippen molar-refractivity contribution in [1.82, 2.24) is 34.7 Å². The Kier molecular flexibility index (Phi) is 9.90. The van der Waals surface area contributed by atoms with Gasteiger partial charge in [-0.2, -0.15) is 0 Å². The van der Waals surface area contributed by atoms with Crippen molar-refractivity contribution in [2.45, 2.75) is 45.7 Å². The number of alkyl carbamates (subject to hydrolysis) is 1. The maximum Gasteiger partial charge on any atom is 0.407 e. The third-order valence-corrected chi connectivity index (χ3v) is 5.72. The van der Waals surface area contributed by atoms with Gasteiger partial charge in [0.1, 0.15) is 29.4 Å². The van der Waals surface area contributed by atoms with Crippen LogP contribution in [0.3, 0.4) is 0 Å². The highest BCUT2D eigenvalue weighted by Crippen LogP contribution is 2.16. The molecule has 0 aliphatic rings. The summed E-state index contributed by atoms with van der Waals surface area (Å²) in [5, 5.41) is 5.06. The number of allylic oxidation sites excluding steroid dienone is 1. The van der Waals surface area contributed by atoms with Crippen molar-refractivity contribution < 1.29 is 19.1 Å². The Morgan fingerprint density at radius 3 is 2.69 bits per heavy atom. The molecule has 39 heavy (non-hydrogen) atoms. The quantitative estimate of drug-likeness (QED) is 0.311. The van der Waals surface area contributed by atoms with Gasteiger partial charge in [0.2, 0.25) is 11.8 Å². The third kappa shape index (κ3) is 7.97. The third-order valence-electron chi connectivity index (χ3n) is 5.72. The average molecular weight is 539 g/mol. The number of nitrogens with zero attached hydrogens (tertiary/aromatic N) is 5. The number of hydrogen-bond donors (Lipinski definition) is 3. The van der Waals surface area contributed by atoms with Gasteiger partial charge in [0, 0.05) is 20.3 Å². The Balaban J connectivity index is 1.75. The van der Waals surface area contributed by atoms with Crippen LogP contribution in [-0.2, 0) is 27.3 Å². The van der Waals surface area contributed by atoms with Crippen molar-refractivity contribution in [2.24, 2.45) is 5.92 Å². The van der Waals surface area contributed by atoms with Crippen molar-refractivity contribution in [3.63, 3.8) is 0 Å². The van der Waals surface area contributed by atoms with E-state index in [0.717, 1.165) is 12.1 Å². The number of carbonyl (C=O) groups excluding carboxylic acids is 3. The molecule has 0 spiro atoms. The van der Waals surface area contributed by atoms with Crippen molar-refractivity contribution >= 4 is 34.8 Å². The molecule has 13 nitrogen and oxygen atoms in total. The maximum atomic E-state index is 13.1. The van der Waals surface area contributed by atoms with Crippen LogP contribution in [-0.4, -0.2) is 74.6 Å². The second-order valence-corrected chi connectivity index (χ2v) is 9.54. The molecule has 1 unspecified atom stereocenters. The topological polar surface area (TPSA) is 164 Å². The normalized spacial score (nSPS) is 12.1. The molecule has 0 saturated carbocycles. The molecule has 13 heteroatoms. The molecule has 1 atom stereocenters. The van der Waals surface area contributed by atoms with E-state index in [1.165, 1.54) is 35.0 Å². The first-order valence-electron chi connectivity index (χ1n) is 12.5. The molecule has 208 valence electrons. The molecule has 0 bridgehead atoms. The lowest BCUT2D eigenvalue weighted by molar-refractivity contribution is -0.123. The Labute approximate surface area is 225 Å². The molecule has 0 aromatic carbocycles. The molecule has 0 aliphatic heterocycles. The van der Waals surface area contributed by atoms with E-state index in [1.54, 1.807) is 32.4 Å². The first-order chi connectivity index (χ1) is 18.6. The first-order valence-corrected chi connectivity index (χ1v) is 12.5. The average Bonchev–Trinajstić information content (AvgIpc) is 3.31. The Hall–Kier alpha value is -4.55. The number of pyridine rings is 1. The summed E-state index contributed by atoms with van der Waals surface area (Å²) in [6, 6.07) is 2.10. The summed E-state index contributed by atoms with van der Waals surface area (Å²) >= 11 is 0. The first kappa shape index (κ1) is 29.0. The van der Waals surface area contributed by atoms with Gasteiger partial charge in [-0.1, -0.05) is 19.9 Å².